The van der Waals surface area contributed by atoms with E-state index in [1.807, 2.05) is 18.2 Å². The predicted octanol–water partition coefficient (Wildman–Crippen LogP) is 3.40. The Bertz CT molecular complexity index is 1130. The van der Waals surface area contributed by atoms with Crippen LogP contribution >= 0.6 is 12.4 Å². The minimum absolute atomic E-state index is 0. The van der Waals surface area contributed by atoms with Gasteiger partial charge in [-0.3, -0.25) is 9.89 Å². The SMILES string of the molecule is Cl.O=C(NCc1ccn[nH]1)c1cc(C2CCNCC2COc2ccc3c(c2)OCO3)ccc1F. The minimum atomic E-state index is -0.539. The molecule has 8 nitrogen and oxygen atoms in total. The van der Waals surface area contributed by atoms with E-state index in [4.69, 9.17) is 14.2 Å². The van der Waals surface area contributed by atoms with E-state index in [1.54, 1.807) is 24.4 Å². The molecule has 0 bridgehead atoms. The molecule has 3 heterocycles. The number of amides is 1. The largest absolute Gasteiger partial charge is 0.493 e. The highest BCUT2D eigenvalue weighted by atomic mass is 35.5. The van der Waals surface area contributed by atoms with Crippen LogP contribution in [0.1, 0.15) is 34.0 Å². The lowest BCUT2D eigenvalue weighted by Crippen LogP contribution is -2.38. The van der Waals surface area contributed by atoms with Crippen LogP contribution in [0.4, 0.5) is 4.39 Å². The maximum Gasteiger partial charge on any atom is 0.254 e. The Morgan fingerprint density at radius 2 is 2.06 bits per heavy atom. The average Bonchev–Trinajstić information content (AvgIpc) is 3.53. The summed E-state index contributed by atoms with van der Waals surface area (Å²) in [6, 6.07) is 12.1. The number of benzene rings is 2. The van der Waals surface area contributed by atoms with Gasteiger partial charge in [0.15, 0.2) is 11.5 Å². The van der Waals surface area contributed by atoms with Crippen molar-refractivity contribution in [2.45, 2.75) is 18.9 Å². The molecule has 0 spiro atoms. The predicted molar refractivity (Wildman–Crippen MR) is 125 cm³/mol. The van der Waals surface area contributed by atoms with Gasteiger partial charge in [0.25, 0.3) is 5.91 Å². The molecule has 1 aromatic heterocycles. The van der Waals surface area contributed by atoms with Gasteiger partial charge >= 0.3 is 0 Å². The van der Waals surface area contributed by atoms with E-state index in [0.29, 0.717) is 23.9 Å². The maximum atomic E-state index is 14.5. The van der Waals surface area contributed by atoms with Crippen LogP contribution in [0.15, 0.2) is 48.7 Å². The molecule has 2 aromatic carbocycles. The fraction of sp³-hybridized carbons (Fsp3) is 0.333. The van der Waals surface area contributed by atoms with Crippen molar-refractivity contribution in [2.24, 2.45) is 5.92 Å². The number of carbonyl (C=O) groups excluding carboxylic acids is 1. The van der Waals surface area contributed by atoms with Crippen molar-refractivity contribution in [1.82, 2.24) is 20.8 Å². The van der Waals surface area contributed by atoms with Crippen molar-refractivity contribution in [3.63, 3.8) is 0 Å². The molecular formula is C24H26ClFN4O4. The van der Waals surface area contributed by atoms with Crippen LogP contribution in [-0.2, 0) is 6.54 Å². The van der Waals surface area contributed by atoms with Gasteiger partial charge < -0.3 is 24.8 Å². The smallest absolute Gasteiger partial charge is 0.254 e. The fourth-order valence-electron chi connectivity index (χ4n) is 4.31. The molecule has 0 aliphatic carbocycles. The van der Waals surface area contributed by atoms with Gasteiger partial charge in [-0.2, -0.15) is 5.10 Å². The number of aromatic nitrogens is 2. The van der Waals surface area contributed by atoms with Gasteiger partial charge in [0.2, 0.25) is 6.79 Å². The summed E-state index contributed by atoms with van der Waals surface area (Å²) < 4.78 is 31.3. The van der Waals surface area contributed by atoms with Crippen LogP contribution in [0, 0.1) is 11.7 Å². The summed E-state index contributed by atoms with van der Waals surface area (Å²) in [4.78, 5) is 12.6. The average molecular weight is 489 g/mol. The molecule has 3 aromatic rings. The van der Waals surface area contributed by atoms with Crippen molar-refractivity contribution < 1.29 is 23.4 Å². The maximum absolute atomic E-state index is 14.5. The number of halogens is 2. The quantitative estimate of drug-likeness (QED) is 0.471. The number of aromatic amines is 1. The summed E-state index contributed by atoms with van der Waals surface area (Å²) in [5.74, 6) is 1.41. The van der Waals surface area contributed by atoms with Crippen LogP contribution in [-0.4, -0.2) is 42.6 Å². The van der Waals surface area contributed by atoms with Crippen LogP contribution in [0.3, 0.4) is 0 Å². The molecule has 1 saturated heterocycles. The lowest BCUT2D eigenvalue weighted by Gasteiger charge is -2.32. The highest BCUT2D eigenvalue weighted by Gasteiger charge is 2.28. The molecule has 5 rings (SSSR count). The monoisotopic (exact) mass is 488 g/mol. The molecule has 2 aliphatic rings. The van der Waals surface area contributed by atoms with Gasteiger partial charge in [-0.1, -0.05) is 6.07 Å². The number of piperidine rings is 1. The third-order valence-electron chi connectivity index (χ3n) is 6.08. The van der Waals surface area contributed by atoms with Gasteiger partial charge in [-0.25, -0.2) is 4.39 Å². The fourth-order valence-corrected chi connectivity index (χ4v) is 4.31. The zero-order chi connectivity index (χ0) is 22.6. The number of nitrogens with one attached hydrogen (secondary N) is 3. The summed E-state index contributed by atoms with van der Waals surface area (Å²) in [5.41, 5.74) is 1.73. The summed E-state index contributed by atoms with van der Waals surface area (Å²) in [6.07, 6.45) is 2.47. The lowest BCUT2D eigenvalue weighted by atomic mass is 9.81. The third-order valence-corrected chi connectivity index (χ3v) is 6.08. The highest BCUT2D eigenvalue weighted by molar-refractivity contribution is 5.94. The summed E-state index contributed by atoms with van der Waals surface area (Å²) in [5, 5.41) is 12.8. The first-order valence-corrected chi connectivity index (χ1v) is 11.0. The summed E-state index contributed by atoms with van der Waals surface area (Å²) in [6.45, 7) is 2.57. The summed E-state index contributed by atoms with van der Waals surface area (Å²) in [7, 11) is 0. The number of ether oxygens (including phenoxy) is 3. The Hall–Kier alpha value is -3.30. The van der Waals surface area contributed by atoms with Crippen molar-refractivity contribution >= 4 is 18.3 Å². The minimum Gasteiger partial charge on any atom is -0.493 e. The second kappa shape index (κ2) is 10.8. The highest BCUT2D eigenvalue weighted by Crippen LogP contribution is 2.36. The first kappa shape index (κ1) is 23.8. The number of H-pyrrole nitrogens is 1. The third kappa shape index (κ3) is 5.26. The molecule has 34 heavy (non-hydrogen) atoms. The molecule has 2 atom stereocenters. The lowest BCUT2D eigenvalue weighted by molar-refractivity contribution is 0.0946. The molecule has 2 aliphatic heterocycles. The Kier molecular flexibility index (Phi) is 7.54. The molecule has 0 radical (unpaired) electrons. The van der Waals surface area contributed by atoms with Gasteiger partial charge in [-0.05, 0) is 54.8 Å². The molecule has 180 valence electrons. The van der Waals surface area contributed by atoms with Gasteiger partial charge in [0.05, 0.1) is 24.4 Å². The number of fused-ring (bicyclic) bond motifs is 1. The number of carbonyl (C=O) groups is 1. The van der Waals surface area contributed by atoms with Crippen LogP contribution < -0.4 is 24.8 Å². The van der Waals surface area contributed by atoms with Gasteiger partial charge in [-0.15, -0.1) is 12.4 Å². The number of hydrogen-bond acceptors (Lipinski definition) is 6. The first-order valence-electron chi connectivity index (χ1n) is 11.0. The molecule has 1 fully saturated rings. The van der Waals surface area contributed by atoms with Gasteiger partial charge in [0, 0.05) is 24.7 Å². The van der Waals surface area contributed by atoms with E-state index in [-0.39, 0.29) is 43.1 Å². The Morgan fingerprint density at radius 3 is 2.91 bits per heavy atom. The zero-order valence-corrected chi connectivity index (χ0v) is 19.2. The molecule has 1 amide bonds. The second-order valence-corrected chi connectivity index (χ2v) is 8.19. The van der Waals surface area contributed by atoms with E-state index in [9.17, 15) is 9.18 Å². The van der Waals surface area contributed by atoms with E-state index in [1.165, 1.54) is 6.07 Å². The normalized spacial score (nSPS) is 18.7. The molecule has 3 N–H and O–H groups in total. The van der Waals surface area contributed by atoms with Crippen molar-refractivity contribution in [1.29, 1.82) is 0 Å². The number of nitrogens with zero attached hydrogens (tertiary/aromatic N) is 1. The zero-order valence-electron chi connectivity index (χ0n) is 18.4. The Morgan fingerprint density at radius 1 is 1.18 bits per heavy atom. The van der Waals surface area contributed by atoms with Crippen LogP contribution in [0.5, 0.6) is 17.2 Å². The number of rotatable bonds is 7. The van der Waals surface area contributed by atoms with E-state index in [0.717, 1.165) is 30.8 Å². The van der Waals surface area contributed by atoms with Crippen molar-refractivity contribution in [2.75, 3.05) is 26.5 Å². The van der Waals surface area contributed by atoms with E-state index >= 15 is 0 Å². The number of hydrogen-bond donors (Lipinski definition) is 3. The standard InChI is InChI=1S/C24H25FN4O4.ClH/c25-21-3-1-15(9-20(21)24(30)27-12-17-5-8-28-29-17)19-6-7-26-11-16(19)13-31-18-2-4-22-23(10-18)33-14-32-22;/h1-5,8-10,16,19,26H,6-7,11-14H2,(H,27,30)(H,28,29);1H. The Balaban J connectivity index is 0.00000274. The molecule has 2 unspecified atom stereocenters. The second-order valence-electron chi connectivity index (χ2n) is 8.19. The molecule has 10 heteroatoms. The topological polar surface area (TPSA) is 97.5 Å². The molecular weight excluding hydrogens is 463 g/mol. The first-order chi connectivity index (χ1) is 16.2. The van der Waals surface area contributed by atoms with Crippen molar-refractivity contribution in [3.05, 3.63) is 71.3 Å². The Labute approximate surface area is 202 Å². The van der Waals surface area contributed by atoms with Crippen LogP contribution in [0.25, 0.3) is 0 Å². The van der Waals surface area contributed by atoms with E-state index < -0.39 is 11.7 Å². The van der Waals surface area contributed by atoms with Gasteiger partial charge in [0.1, 0.15) is 11.6 Å². The van der Waals surface area contributed by atoms with Crippen molar-refractivity contribution in [3.8, 4) is 17.2 Å². The summed E-state index contributed by atoms with van der Waals surface area (Å²) >= 11 is 0. The van der Waals surface area contributed by atoms with E-state index in [2.05, 4.69) is 20.8 Å². The van der Waals surface area contributed by atoms with Crippen LogP contribution in [0.2, 0.25) is 0 Å². The molecule has 0 saturated carbocycles.